The molecule has 0 spiro atoms. The molecule has 1 atom stereocenters. The summed E-state index contributed by atoms with van der Waals surface area (Å²) in [6.45, 7) is 8.18. The van der Waals surface area contributed by atoms with Crippen LogP contribution in [0.15, 0.2) is 0 Å². The molecule has 1 rings (SSSR count). The number of hydrogen-bond donors (Lipinski definition) is 1. The van der Waals surface area contributed by atoms with Gasteiger partial charge >= 0.3 is 0 Å². The molecule has 0 saturated heterocycles. The minimum atomic E-state index is 0.756. The molecule has 0 aromatic rings. The zero-order valence-corrected chi connectivity index (χ0v) is 10.9. The molecule has 2 nitrogen and oxygen atoms in total. The van der Waals surface area contributed by atoms with Crippen molar-refractivity contribution in [3.63, 3.8) is 0 Å². The van der Waals surface area contributed by atoms with Gasteiger partial charge in [0.2, 0.25) is 0 Å². The van der Waals surface area contributed by atoms with Crippen molar-refractivity contribution in [3.8, 4) is 0 Å². The van der Waals surface area contributed by atoms with Crippen LogP contribution in [-0.2, 0) is 0 Å². The first-order valence-electron chi connectivity index (χ1n) is 6.65. The highest BCUT2D eigenvalue weighted by Gasteiger charge is 2.26. The van der Waals surface area contributed by atoms with Gasteiger partial charge in [0.15, 0.2) is 0 Å². The lowest BCUT2D eigenvalue weighted by molar-refractivity contribution is 0.108. The molecule has 0 radical (unpaired) electrons. The number of hydrogen-bond acceptors (Lipinski definition) is 2. The second kappa shape index (κ2) is 6.49. The van der Waals surface area contributed by atoms with Crippen LogP contribution in [0.5, 0.6) is 0 Å². The summed E-state index contributed by atoms with van der Waals surface area (Å²) in [4.78, 5) is 2.70. The Morgan fingerprint density at radius 1 is 1.20 bits per heavy atom. The summed E-state index contributed by atoms with van der Waals surface area (Å²) < 4.78 is 0. The highest BCUT2D eigenvalue weighted by molar-refractivity contribution is 4.83. The van der Waals surface area contributed by atoms with Crippen molar-refractivity contribution < 1.29 is 0 Å². The van der Waals surface area contributed by atoms with Gasteiger partial charge in [-0.25, -0.2) is 0 Å². The number of nitrogens with zero attached hydrogens (tertiary/aromatic N) is 1. The van der Waals surface area contributed by atoms with E-state index < -0.39 is 0 Å². The third-order valence-corrected chi connectivity index (χ3v) is 4.10. The first kappa shape index (κ1) is 13.0. The Hall–Kier alpha value is -0.0800. The van der Waals surface area contributed by atoms with Crippen LogP contribution in [0.25, 0.3) is 0 Å². The maximum Gasteiger partial charge on any atom is 0.00991 e. The molecule has 15 heavy (non-hydrogen) atoms. The van der Waals surface area contributed by atoms with Crippen LogP contribution in [-0.4, -0.2) is 36.6 Å². The van der Waals surface area contributed by atoms with Crippen molar-refractivity contribution in [1.29, 1.82) is 0 Å². The lowest BCUT2D eigenvalue weighted by Crippen LogP contribution is -2.45. The lowest BCUT2D eigenvalue weighted by atomic mass is 9.89. The monoisotopic (exact) mass is 212 g/mol. The van der Waals surface area contributed by atoms with Crippen LogP contribution in [0, 0.1) is 0 Å². The van der Waals surface area contributed by atoms with E-state index in [0.717, 1.165) is 18.1 Å². The summed E-state index contributed by atoms with van der Waals surface area (Å²) in [5, 5.41) is 3.41. The normalized spacial score (nSPS) is 29.4. The largest absolute Gasteiger partial charge is 0.317 e. The molecule has 1 saturated carbocycles. The van der Waals surface area contributed by atoms with E-state index in [1.54, 1.807) is 0 Å². The molecule has 0 bridgehead atoms. The summed E-state index contributed by atoms with van der Waals surface area (Å²) in [7, 11) is 2.09. The molecule has 1 aliphatic carbocycles. The van der Waals surface area contributed by atoms with Crippen molar-refractivity contribution in [1.82, 2.24) is 10.2 Å². The van der Waals surface area contributed by atoms with Crippen molar-refractivity contribution in [2.24, 2.45) is 0 Å². The third kappa shape index (κ3) is 3.46. The molecule has 1 aliphatic rings. The van der Waals surface area contributed by atoms with Gasteiger partial charge < -0.3 is 5.32 Å². The minimum absolute atomic E-state index is 0.756. The molecule has 1 unspecified atom stereocenters. The highest BCUT2D eigenvalue weighted by atomic mass is 15.2. The maximum atomic E-state index is 3.41. The Bertz CT molecular complexity index is 162. The van der Waals surface area contributed by atoms with Gasteiger partial charge in [-0.3, -0.25) is 4.90 Å². The molecule has 1 N–H and O–H groups in total. The molecule has 0 aliphatic heterocycles. The molecule has 2 heteroatoms. The van der Waals surface area contributed by atoms with Crippen LogP contribution in [0.4, 0.5) is 0 Å². The first-order chi connectivity index (χ1) is 7.22. The number of rotatable bonds is 5. The molecule has 90 valence electrons. The Morgan fingerprint density at radius 3 is 2.20 bits per heavy atom. The van der Waals surface area contributed by atoms with E-state index in [1.807, 2.05) is 0 Å². The second-order valence-electron chi connectivity index (χ2n) is 4.88. The smallest absolute Gasteiger partial charge is 0.00991 e. The molecule has 0 aromatic heterocycles. The fraction of sp³-hybridized carbons (Fsp3) is 1.00. The van der Waals surface area contributed by atoms with Gasteiger partial charge in [-0.1, -0.05) is 13.8 Å². The van der Waals surface area contributed by atoms with E-state index in [0.29, 0.717) is 0 Å². The van der Waals surface area contributed by atoms with E-state index in [4.69, 9.17) is 0 Å². The first-order valence-corrected chi connectivity index (χ1v) is 6.65. The van der Waals surface area contributed by atoms with E-state index in [1.165, 1.54) is 38.6 Å². The zero-order chi connectivity index (χ0) is 11.3. The van der Waals surface area contributed by atoms with E-state index in [2.05, 4.69) is 38.0 Å². The Labute approximate surface area is 95.4 Å². The van der Waals surface area contributed by atoms with E-state index >= 15 is 0 Å². The predicted molar refractivity (Wildman–Crippen MR) is 67.2 cm³/mol. The molecule has 0 heterocycles. The molecular formula is C13H28N2. The van der Waals surface area contributed by atoms with E-state index in [-0.39, 0.29) is 0 Å². The highest BCUT2D eigenvalue weighted by Crippen LogP contribution is 2.24. The van der Waals surface area contributed by atoms with Crippen molar-refractivity contribution in [2.75, 3.05) is 13.6 Å². The predicted octanol–water partition coefficient (Wildman–Crippen LogP) is 2.64. The van der Waals surface area contributed by atoms with Crippen LogP contribution in [0.1, 0.15) is 52.9 Å². The molecule has 1 fully saturated rings. The van der Waals surface area contributed by atoms with Gasteiger partial charge in [-0.2, -0.15) is 0 Å². The van der Waals surface area contributed by atoms with Gasteiger partial charge in [0.25, 0.3) is 0 Å². The van der Waals surface area contributed by atoms with Crippen molar-refractivity contribution >= 4 is 0 Å². The van der Waals surface area contributed by atoms with Gasteiger partial charge in [-0.15, -0.1) is 0 Å². The van der Waals surface area contributed by atoms with Gasteiger partial charge in [0, 0.05) is 18.1 Å². The fourth-order valence-corrected chi connectivity index (χ4v) is 2.86. The van der Waals surface area contributed by atoms with Crippen LogP contribution < -0.4 is 5.32 Å². The summed E-state index contributed by atoms with van der Waals surface area (Å²) in [6.07, 6.45) is 6.75. The summed E-state index contributed by atoms with van der Waals surface area (Å²) in [5.74, 6) is 0. The average molecular weight is 212 g/mol. The van der Waals surface area contributed by atoms with Gasteiger partial charge in [0.1, 0.15) is 0 Å². The quantitative estimate of drug-likeness (QED) is 0.753. The van der Waals surface area contributed by atoms with Gasteiger partial charge in [0.05, 0.1) is 0 Å². The van der Waals surface area contributed by atoms with Crippen molar-refractivity contribution in [2.45, 2.75) is 71.0 Å². The SMILES string of the molecule is CCC(C)N(CC)C1CCC(NC)CC1. The maximum absolute atomic E-state index is 3.41. The van der Waals surface area contributed by atoms with Crippen LogP contribution in [0.2, 0.25) is 0 Å². The average Bonchev–Trinajstić information content (AvgIpc) is 2.30. The van der Waals surface area contributed by atoms with Crippen LogP contribution >= 0.6 is 0 Å². The van der Waals surface area contributed by atoms with E-state index in [9.17, 15) is 0 Å². The Morgan fingerprint density at radius 2 is 1.80 bits per heavy atom. The third-order valence-electron chi connectivity index (χ3n) is 4.10. The molecule has 0 amide bonds. The summed E-state index contributed by atoms with van der Waals surface area (Å²) >= 11 is 0. The Kier molecular flexibility index (Phi) is 5.62. The summed E-state index contributed by atoms with van der Waals surface area (Å²) in [6, 6.07) is 2.37. The molecular weight excluding hydrogens is 184 g/mol. The zero-order valence-electron chi connectivity index (χ0n) is 10.9. The molecule has 0 aromatic carbocycles. The lowest BCUT2D eigenvalue weighted by Gasteiger charge is -2.39. The van der Waals surface area contributed by atoms with Gasteiger partial charge in [-0.05, 0) is 52.6 Å². The minimum Gasteiger partial charge on any atom is -0.317 e. The number of nitrogens with one attached hydrogen (secondary N) is 1. The van der Waals surface area contributed by atoms with Crippen LogP contribution in [0.3, 0.4) is 0 Å². The second-order valence-corrected chi connectivity index (χ2v) is 4.88. The standard InChI is InChI=1S/C13H28N2/c1-5-11(3)15(6-2)13-9-7-12(14-4)8-10-13/h11-14H,5-10H2,1-4H3. The fourth-order valence-electron chi connectivity index (χ4n) is 2.86. The van der Waals surface area contributed by atoms with Crippen molar-refractivity contribution in [3.05, 3.63) is 0 Å². The topological polar surface area (TPSA) is 15.3 Å². The Balaban J connectivity index is 2.42. The summed E-state index contributed by atoms with van der Waals surface area (Å²) in [5.41, 5.74) is 0.